The third-order valence-corrected chi connectivity index (χ3v) is 3.22. The summed E-state index contributed by atoms with van der Waals surface area (Å²) >= 11 is 0. The molecule has 1 heterocycles. The monoisotopic (exact) mass is 242 g/mol. The predicted molar refractivity (Wildman–Crippen MR) is 64.7 cm³/mol. The van der Waals surface area contributed by atoms with Gasteiger partial charge in [-0.25, -0.2) is 4.79 Å². The van der Waals surface area contributed by atoms with Crippen molar-refractivity contribution in [2.75, 3.05) is 13.1 Å². The Labute approximate surface area is 102 Å². The quantitative estimate of drug-likeness (QED) is 0.642. The maximum atomic E-state index is 11.6. The van der Waals surface area contributed by atoms with Crippen LogP contribution in [0.4, 0.5) is 0 Å². The second-order valence-corrected chi connectivity index (χ2v) is 4.62. The Morgan fingerprint density at radius 3 is 2.82 bits per heavy atom. The fraction of sp³-hybridized carbons (Fsp3) is 0.833. The van der Waals surface area contributed by atoms with Gasteiger partial charge in [0.2, 0.25) is 5.91 Å². The van der Waals surface area contributed by atoms with E-state index in [9.17, 15) is 9.59 Å². The molecule has 0 aromatic carbocycles. The lowest BCUT2D eigenvalue weighted by molar-refractivity contribution is -0.141. The van der Waals surface area contributed by atoms with Gasteiger partial charge in [-0.05, 0) is 44.7 Å². The molecule has 0 spiro atoms. The van der Waals surface area contributed by atoms with E-state index >= 15 is 0 Å². The summed E-state index contributed by atoms with van der Waals surface area (Å²) in [4.78, 5) is 22.3. The highest BCUT2D eigenvalue weighted by Gasteiger charge is 2.19. The summed E-state index contributed by atoms with van der Waals surface area (Å²) in [7, 11) is 0. The molecular formula is C12H22N2O3. The predicted octanol–water partition coefficient (Wildman–Crippen LogP) is 0.746. The molecule has 0 aliphatic carbocycles. The molecule has 3 N–H and O–H groups in total. The van der Waals surface area contributed by atoms with E-state index in [1.807, 2.05) is 0 Å². The molecule has 5 nitrogen and oxygen atoms in total. The van der Waals surface area contributed by atoms with Gasteiger partial charge < -0.3 is 15.7 Å². The summed E-state index contributed by atoms with van der Waals surface area (Å²) < 4.78 is 0. The van der Waals surface area contributed by atoms with E-state index in [4.69, 9.17) is 5.11 Å². The molecule has 1 amide bonds. The van der Waals surface area contributed by atoms with Crippen molar-refractivity contribution in [3.63, 3.8) is 0 Å². The van der Waals surface area contributed by atoms with Crippen LogP contribution in [0.25, 0.3) is 0 Å². The van der Waals surface area contributed by atoms with Gasteiger partial charge in [-0.1, -0.05) is 6.92 Å². The summed E-state index contributed by atoms with van der Waals surface area (Å²) in [6, 6.07) is -0.744. The van der Waals surface area contributed by atoms with Gasteiger partial charge in [-0.15, -0.1) is 0 Å². The fourth-order valence-electron chi connectivity index (χ4n) is 2.11. The Kier molecular flexibility index (Phi) is 5.97. The molecule has 17 heavy (non-hydrogen) atoms. The van der Waals surface area contributed by atoms with E-state index in [-0.39, 0.29) is 5.91 Å². The Bertz CT molecular complexity index is 262. The summed E-state index contributed by atoms with van der Waals surface area (Å²) in [6.45, 7) is 3.80. The molecule has 2 unspecified atom stereocenters. The van der Waals surface area contributed by atoms with Gasteiger partial charge in [-0.2, -0.15) is 0 Å². The van der Waals surface area contributed by atoms with Crippen molar-refractivity contribution in [2.45, 2.75) is 45.1 Å². The van der Waals surface area contributed by atoms with Gasteiger partial charge >= 0.3 is 5.97 Å². The minimum Gasteiger partial charge on any atom is -0.480 e. The van der Waals surface area contributed by atoms with Crippen LogP contribution in [0.15, 0.2) is 0 Å². The number of carbonyl (C=O) groups is 2. The average Bonchev–Trinajstić information content (AvgIpc) is 2.34. The van der Waals surface area contributed by atoms with Gasteiger partial charge in [0.1, 0.15) is 6.04 Å². The second-order valence-electron chi connectivity index (χ2n) is 4.62. The van der Waals surface area contributed by atoms with Crippen LogP contribution in [-0.4, -0.2) is 36.1 Å². The fourth-order valence-corrected chi connectivity index (χ4v) is 2.11. The zero-order valence-electron chi connectivity index (χ0n) is 10.4. The van der Waals surface area contributed by atoms with Crippen LogP contribution in [0.5, 0.6) is 0 Å². The maximum absolute atomic E-state index is 11.6. The van der Waals surface area contributed by atoms with Crippen molar-refractivity contribution >= 4 is 11.9 Å². The molecule has 0 saturated carbocycles. The van der Waals surface area contributed by atoms with Gasteiger partial charge in [0.15, 0.2) is 0 Å². The maximum Gasteiger partial charge on any atom is 0.326 e. The van der Waals surface area contributed by atoms with Crippen molar-refractivity contribution in [2.24, 2.45) is 5.92 Å². The minimum absolute atomic E-state index is 0.148. The number of carbonyl (C=O) groups excluding carboxylic acids is 1. The van der Waals surface area contributed by atoms with Crippen molar-refractivity contribution < 1.29 is 14.7 Å². The molecule has 5 heteroatoms. The topological polar surface area (TPSA) is 78.4 Å². The smallest absolute Gasteiger partial charge is 0.326 e. The summed E-state index contributed by atoms with van der Waals surface area (Å²) in [6.07, 6.45) is 4.02. The lowest BCUT2D eigenvalue weighted by Gasteiger charge is -2.22. The van der Waals surface area contributed by atoms with Crippen molar-refractivity contribution in [1.29, 1.82) is 0 Å². The molecule has 0 aromatic rings. The molecular weight excluding hydrogens is 220 g/mol. The van der Waals surface area contributed by atoms with E-state index in [0.29, 0.717) is 18.8 Å². The minimum atomic E-state index is -0.958. The molecule has 1 fully saturated rings. The van der Waals surface area contributed by atoms with Crippen LogP contribution < -0.4 is 10.6 Å². The SMILES string of the molecule is CCC(NC(=O)CCC1CCCNC1)C(=O)O. The van der Waals surface area contributed by atoms with Gasteiger partial charge in [-0.3, -0.25) is 4.79 Å². The number of nitrogens with one attached hydrogen (secondary N) is 2. The van der Waals surface area contributed by atoms with E-state index < -0.39 is 12.0 Å². The second kappa shape index (κ2) is 7.27. The first kappa shape index (κ1) is 14.0. The normalized spacial score (nSPS) is 21.8. The lowest BCUT2D eigenvalue weighted by atomic mass is 9.94. The molecule has 0 bridgehead atoms. The molecule has 1 aliphatic rings. The Morgan fingerprint density at radius 2 is 2.29 bits per heavy atom. The van der Waals surface area contributed by atoms with E-state index in [2.05, 4.69) is 10.6 Å². The highest BCUT2D eigenvalue weighted by molar-refractivity contribution is 5.83. The average molecular weight is 242 g/mol. The molecule has 1 rings (SSSR count). The van der Waals surface area contributed by atoms with E-state index in [1.165, 1.54) is 6.42 Å². The standard InChI is InChI=1S/C12H22N2O3/c1-2-10(12(16)17)14-11(15)6-5-9-4-3-7-13-8-9/h9-10,13H,2-8H2,1H3,(H,14,15)(H,16,17). The number of carboxylic acid groups (broad SMARTS) is 1. The molecule has 0 radical (unpaired) electrons. The number of amides is 1. The van der Waals surface area contributed by atoms with Crippen LogP contribution >= 0.6 is 0 Å². The lowest BCUT2D eigenvalue weighted by Crippen LogP contribution is -2.40. The number of carboxylic acids is 1. The Balaban J connectivity index is 2.21. The Morgan fingerprint density at radius 1 is 1.53 bits per heavy atom. The highest BCUT2D eigenvalue weighted by Crippen LogP contribution is 2.15. The first-order valence-electron chi connectivity index (χ1n) is 6.36. The van der Waals surface area contributed by atoms with Crippen molar-refractivity contribution in [3.8, 4) is 0 Å². The summed E-state index contributed by atoms with van der Waals surface area (Å²) in [5.41, 5.74) is 0. The van der Waals surface area contributed by atoms with Crippen LogP contribution in [-0.2, 0) is 9.59 Å². The Hall–Kier alpha value is -1.10. The summed E-state index contributed by atoms with van der Waals surface area (Å²) in [5, 5.41) is 14.7. The van der Waals surface area contributed by atoms with Crippen LogP contribution in [0.3, 0.4) is 0 Å². The number of piperidine rings is 1. The number of rotatable bonds is 6. The number of hydrogen-bond acceptors (Lipinski definition) is 3. The van der Waals surface area contributed by atoms with Gasteiger partial charge in [0.05, 0.1) is 0 Å². The molecule has 98 valence electrons. The third kappa shape index (κ3) is 5.17. The molecule has 1 saturated heterocycles. The highest BCUT2D eigenvalue weighted by atomic mass is 16.4. The van der Waals surface area contributed by atoms with Gasteiger partial charge in [0, 0.05) is 6.42 Å². The van der Waals surface area contributed by atoms with E-state index in [0.717, 1.165) is 25.9 Å². The molecule has 0 aromatic heterocycles. The van der Waals surface area contributed by atoms with Crippen molar-refractivity contribution in [1.82, 2.24) is 10.6 Å². The van der Waals surface area contributed by atoms with Crippen LogP contribution in [0, 0.1) is 5.92 Å². The zero-order chi connectivity index (χ0) is 12.7. The first-order chi connectivity index (χ1) is 8.13. The van der Waals surface area contributed by atoms with Crippen molar-refractivity contribution in [3.05, 3.63) is 0 Å². The van der Waals surface area contributed by atoms with E-state index in [1.54, 1.807) is 6.92 Å². The largest absolute Gasteiger partial charge is 0.480 e. The van der Waals surface area contributed by atoms with Gasteiger partial charge in [0.25, 0.3) is 0 Å². The molecule has 2 atom stereocenters. The third-order valence-electron chi connectivity index (χ3n) is 3.22. The van der Waals surface area contributed by atoms with Crippen LogP contribution in [0.1, 0.15) is 39.0 Å². The zero-order valence-corrected chi connectivity index (χ0v) is 10.4. The summed E-state index contributed by atoms with van der Waals surface area (Å²) in [5.74, 6) is -0.551. The number of hydrogen-bond donors (Lipinski definition) is 3. The first-order valence-corrected chi connectivity index (χ1v) is 6.36. The molecule has 1 aliphatic heterocycles. The van der Waals surface area contributed by atoms with Crippen LogP contribution in [0.2, 0.25) is 0 Å². The number of aliphatic carboxylic acids is 1.